The molecule has 0 bridgehead atoms. The lowest BCUT2D eigenvalue weighted by Gasteiger charge is -2.27. The van der Waals surface area contributed by atoms with Gasteiger partial charge in [-0.05, 0) is 44.0 Å². The van der Waals surface area contributed by atoms with Gasteiger partial charge in [-0.3, -0.25) is 4.79 Å². The van der Waals surface area contributed by atoms with Gasteiger partial charge in [-0.1, -0.05) is 6.07 Å². The molecule has 2 atom stereocenters. The molecule has 0 radical (unpaired) electrons. The standard InChI is InChI=1S/C15H21FN2O2.ClH/c1-10-7-12(5-6-17-10)15(19)18-9-11-3-4-14(20-2)13(16)8-11;/h3-4,8,10,12,17H,5-7,9H2,1-2H3,(H,18,19);1H/t10-,12-;/m0./s1. The van der Waals surface area contributed by atoms with E-state index in [0.29, 0.717) is 12.6 Å². The van der Waals surface area contributed by atoms with E-state index in [-0.39, 0.29) is 30.0 Å². The molecule has 1 saturated heterocycles. The van der Waals surface area contributed by atoms with Gasteiger partial charge in [-0.25, -0.2) is 4.39 Å². The van der Waals surface area contributed by atoms with Gasteiger partial charge >= 0.3 is 0 Å². The van der Waals surface area contributed by atoms with Crippen LogP contribution in [0.25, 0.3) is 0 Å². The molecular formula is C15H22ClFN2O2. The molecule has 0 aliphatic carbocycles. The number of rotatable bonds is 4. The molecule has 1 aromatic carbocycles. The first-order chi connectivity index (χ1) is 9.60. The van der Waals surface area contributed by atoms with Gasteiger partial charge in [0, 0.05) is 18.5 Å². The molecule has 2 rings (SSSR count). The molecule has 6 heteroatoms. The summed E-state index contributed by atoms with van der Waals surface area (Å²) in [5.74, 6) is -0.0917. The summed E-state index contributed by atoms with van der Waals surface area (Å²) in [5.41, 5.74) is 0.735. The number of amides is 1. The molecule has 21 heavy (non-hydrogen) atoms. The molecular weight excluding hydrogens is 295 g/mol. The molecule has 1 aliphatic heterocycles. The Morgan fingerprint density at radius 3 is 2.90 bits per heavy atom. The van der Waals surface area contributed by atoms with Gasteiger partial charge < -0.3 is 15.4 Å². The minimum absolute atomic E-state index is 0. The molecule has 2 N–H and O–H groups in total. The largest absolute Gasteiger partial charge is 0.494 e. The van der Waals surface area contributed by atoms with Crippen LogP contribution in [-0.2, 0) is 11.3 Å². The molecule has 118 valence electrons. The fourth-order valence-electron chi connectivity index (χ4n) is 2.52. The van der Waals surface area contributed by atoms with Crippen LogP contribution in [0.5, 0.6) is 5.75 Å². The Labute approximate surface area is 130 Å². The van der Waals surface area contributed by atoms with Gasteiger partial charge in [0.15, 0.2) is 11.6 Å². The van der Waals surface area contributed by atoms with Crippen LogP contribution in [0.1, 0.15) is 25.3 Å². The number of halogens is 2. The average Bonchev–Trinajstić information content (AvgIpc) is 2.45. The molecule has 1 amide bonds. The van der Waals surface area contributed by atoms with E-state index >= 15 is 0 Å². The van der Waals surface area contributed by atoms with Crippen LogP contribution in [0, 0.1) is 11.7 Å². The van der Waals surface area contributed by atoms with Crippen molar-refractivity contribution in [1.82, 2.24) is 10.6 Å². The van der Waals surface area contributed by atoms with Crippen LogP contribution < -0.4 is 15.4 Å². The highest BCUT2D eigenvalue weighted by molar-refractivity contribution is 5.85. The van der Waals surface area contributed by atoms with Gasteiger partial charge in [0.05, 0.1) is 7.11 Å². The average molecular weight is 317 g/mol. The van der Waals surface area contributed by atoms with Gasteiger partial charge in [0.1, 0.15) is 0 Å². The quantitative estimate of drug-likeness (QED) is 0.896. The highest BCUT2D eigenvalue weighted by atomic mass is 35.5. The highest BCUT2D eigenvalue weighted by Gasteiger charge is 2.24. The Balaban J connectivity index is 0.00000220. The lowest BCUT2D eigenvalue weighted by atomic mass is 9.92. The zero-order valence-electron chi connectivity index (χ0n) is 12.3. The summed E-state index contributed by atoms with van der Waals surface area (Å²) in [4.78, 5) is 12.1. The summed E-state index contributed by atoms with van der Waals surface area (Å²) in [6, 6.07) is 5.10. The second-order valence-electron chi connectivity index (χ2n) is 5.26. The van der Waals surface area contributed by atoms with E-state index in [1.165, 1.54) is 13.2 Å². The minimum Gasteiger partial charge on any atom is -0.494 e. The van der Waals surface area contributed by atoms with E-state index in [9.17, 15) is 9.18 Å². The summed E-state index contributed by atoms with van der Waals surface area (Å²) in [6.07, 6.45) is 1.70. The SMILES string of the molecule is COc1ccc(CNC(=O)[C@H]2CCN[C@@H](C)C2)cc1F.Cl. The number of piperidine rings is 1. The summed E-state index contributed by atoms with van der Waals surface area (Å²) in [6.45, 7) is 3.30. The summed E-state index contributed by atoms with van der Waals surface area (Å²) in [5, 5.41) is 6.20. The molecule has 1 aromatic rings. The number of methoxy groups -OCH3 is 1. The number of hydrogen-bond acceptors (Lipinski definition) is 3. The summed E-state index contributed by atoms with van der Waals surface area (Å²) in [7, 11) is 1.43. The Morgan fingerprint density at radius 2 is 2.29 bits per heavy atom. The molecule has 0 saturated carbocycles. The predicted octanol–water partition coefficient (Wildman–Crippen LogP) is 2.26. The van der Waals surface area contributed by atoms with Crippen molar-refractivity contribution in [3.05, 3.63) is 29.6 Å². The van der Waals surface area contributed by atoms with Crippen molar-refractivity contribution in [2.75, 3.05) is 13.7 Å². The van der Waals surface area contributed by atoms with Crippen LogP contribution in [0.3, 0.4) is 0 Å². The molecule has 0 spiro atoms. The Bertz CT molecular complexity index is 485. The van der Waals surface area contributed by atoms with Crippen molar-refractivity contribution in [3.8, 4) is 5.75 Å². The summed E-state index contributed by atoms with van der Waals surface area (Å²) < 4.78 is 18.4. The minimum atomic E-state index is -0.408. The third-order valence-electron chi connectivity index (χ3n) is 3.68. The van der Waals surface area contributed by atoms with Crippen LogP contribution in [0.15, 0.2) is 18.2 Å². The lowest BCUT2D eigenvalue weighted by molar-refractivity contribution is -0.126. The second-order valence-corrected chi connectivity index (χ2v) is 5.26. The first-order valence-corrected chi connectivity index (χ1v) is 6.93. The lowest BCUT2D eigenvalue weighted by Crippen LogP contribution is -2.42. The highest BCUT2D eigenvalue weighted by Crippen LogP contribution is 2.19. The fraction of sp³-hybridized carbons (Fsp3) is 0.533. The molecule has 1 heterocycles. The van der Waals surface area contributed by atoms with Gasteiger partial charge in [-0.2, -0.15) is 0 Å². The molecule has 0 unspecified atom stereocenters. The van der Waals surface area contributed by atoms with E-state index in [4.69, 9.17) is 4.74 Å². The topological polar surface area (TPSA) is 50.4 Å². The van der Waals surface area contributed by atoms with Gasteiger partial charge in [0.2, 0.25) is 5.91 Å². The second kappa shape index (κ2) is 8.20. The third kappa shape index (κ3) is 4.86. The van der Waals surface area contributed by atoms with E-state index < -0.39 is 5.82 Å². The van der Waals surface area contributed by atoms with Crippen LogP contribution in [-0.4, -0.2) is 25.6 Å². The number of hydrogen-bond donors (Lipinski definition) is 2. The fourth-order valence-corrected chi connectivity index (χ4v) is 2.52. The summed E-state index contributed by atoms with van der Waals surface area (Å²) >= 11 is 0. The Hall–Kier alpha value is -1.33. The number of carbonyl (C=O) groups is 1. The monoisotopic (exact) mass is 316 g/mol. The molecule has 4 nitrogen and oxygen atoms in total. The molecule has 1 fully saturated rings. The van der Waals surface area contributed by atoms with Crippen LogP contribution >= 0.6 is 12.4 Å². The van der Waals surface area contributed by atoms with E-state index in [0.717, 1.165) is 24.9 Å². The van der Waals surface area contributed by atoms with Crippen LogP contribution in [0.2, 0.25) is 0 Å². The van der Waals surface area contributed by atoms with Gasteiger partial charge in [0.25, 0.3) is 0 Å². The third-order valence-corrected chi connectivity index (χ3v) is 3.68. The van der Waals surface area contributed by atoms with E-state index in [1.54, 1.807) is 12.1 Å². The molecule has 1 aliphatic rings. The van der Waals surface area contributed by atoms with Crippen molar-refractivity contribution in [2.45, 2.75) is 32.4 Å². The number of carbonyl (C=O) groups excluding carboxylic acids is 1. The van der Waals surface area contributed by atoms with Crippen molar-refractivity contribution in [3.63, 3.8) is 0 Å². The van der Waals surface area contributed by atoms with Crippen molar-refractivity contribution in [1.29, 1.82) is 0 Å². The van der Waals surface area contributed by atoms with Crippen molar-refractivity contribution < 1.29 is 13.9 Å². The maximum atomic E-state index is 13.5. The number of nitrogens with one attached hydrogen (secondary N) is 2. The van der Waals surface area contributed by atoms with Crippen molar-refractivity contribution >= 4 is 18.3 Å². The first-order valence-electron chi connectivity index (χ1n) is 6.93. The Kier molecular flexibility index (Phi) is 6.92. The molecule has 0 aromatic heterocycles. The zero-order chi connectivity index (χ0) is 14.5. The maximum Gasteiger partial charge on any atom is 0.223 e. The van der Waals surface area contributed by atoms with Gasteiger partial charge in [-0.15, -0.1) is 12.4 Å². The number of ether oxygens (including phenoxy) is 1. The van der Waals surface area contributed by atoms with Crippen molar-refractivity contribution in [2.24, 2.45) is 5.92 Å². The zero-order valence-corrected chi connectivity index (χ0v) is 13.1. The Morgan fingerprint density at radius 1 is 1.52 bits per heavy atom. The smallest absolute Gasteiger partial charge is 0.223 e. The van der Waals surface area contributed by atoms with Crippen LogP contribution in [0.4, 0.5) is 4.39 Å². The van der Waals surface area contributed by atoms with E-state index in [2.05, 4.69) is 17.6 Å². The number of benzene rings is 1. The van der Waals surface area contributed by atoms with E-state index in [1.807, 2.05) is 0 Å². The maximum absolute atomic E-state index is 13.5. The normalized spacial score (nSPS) is 21.3. The predicted molar refractivity (Wildman–Crippen MR) is 82.2 cm³/mol. The first kappa shape index (κ1) is 17.7.